The quantitative estimate of drug-likeness (QED) is 0.680. The van der Waals surface area contributed by atoms with Crippen LogP contribution in [0.15, 0.2) is 18.2 Å². The molecule has 7 heteroatoms. The standard InChI is InChI=1S/C16H16FN3O2S/c1-10(23)19-8-12-9-20(15(21)22-12)11-3-4-13(14(17)7-11)16(18-2)5-6-16/h3-4,7,12H,5-6,8-9H2,1H3,(H,19,23)/t12-/m0/s1. The predicted molar refractivity (Wildman–Crippen MR) is 87.8 cm³/mol. The van der Waals surface area contributed by atoms with Crippen LogP contribution in [-0.4, -0.2) is 30.3 Å². The first-order valence-corrected chi connectivity index (χ1v) is 7.77. The smallest absolute Gasteiger partial charge is 0.414 e. The van der Waals surface area contributed by atoms with E-state index in [4.69, 9.17) is 23.5 Å². The van der Waals surface area contributed by atoms with Crippen molar-refractivity contribution in [1.29, 1.82) is 0 Å². The first-order valence-electron chi connectivity index (χ1n) is 7.36. The van der Waals surface area contributed by atoms with Crippen molar-refractivity contribution in [3.63, 3.8) is 0 Å². The van der Waals surface area contributed by atoms with Gasteiger partial charge in [0.15, 0.2) is 0 Å². The van der Waals surface area contributed by atoms with Gasteiger partial charge in [0, 0.05) is 12.8 Å². The van der Waals surface area contributed by atoms with Crippen molar-refractivity contribution in [3.05, 3.63) is 41.0 Å². The number of carbonyl (C=O) groups excluding carboxylic acids is 1. The molecule has 0 aromatic heterocycles. The monoisotopic (exact) mass is 333 g/mol. The van der Waals surface area contributed by atoms with E-state index in [0.29, 0.717) is 42.2 Å². The number of hydrogen-bond donors (Lipinski definition) is 1. The van der Waals surface area contributed by atoms with Gasteiger partial charge in [-0.3, -0.25) is 4.90 Å². The minimum atomic E-state index is -0.697. The lowest BCUT2D eigenvalue weighted by molar-refractivity contribution is 0.143. The Bertz CT molecular complexity index is 712. The molecule has 0 spiro atoms. The number of halogens is 1. The molecule has 1 aliphatic heterocycles. The first-order chi connectivity index (χ1) is 10.9. The molecule has 1 amide bonds. The fraction of sp³-hybridized carbons (Fsp3) is 0.438. The lowest BCUT2D eigenvalue weighted by Gasteiger charge is -2.15. The van der Waals surface area contributed by atoms with Gasteiger partial charge in [-0.2, -0.15) is 0 Å². The van der Waals surface area contributed by atoms with Gasteiger partial charge in [-0.1, -0.05) is 12.2 Å². The first kappa shape index (κ1) is 15.7. The van der Waals surface area contributed by atoms with Crippen molar-refractivity contribution in [2.75, 3.05) is 18.0 Å². The second-order valence-electron chi connectivity index (χ2n) is 5.86. The van der Waals surface area contributed by atoms with Crippen LogP contribution in [0.1, 0.15) is 25.3 Å². The van der Waals surface area contributed by atoms with Gasteiger partial charge in [0.2, 0.25) is 0 Å². The van der Waals surface area contributed by atoms with Crippen LogP contribution >= 0.6 is 12.2 Å². The number of rotatable bonds is 4. The van der Waals surface area contributed by atoms with E-state index in [0.717, 1.165) is 0 Å². The second kappa shape index (κ2) is 5.78. The van der Waals surface area contributed by atoms with Gasteiger partial charge in [-0.05, 0) is 25.1 Å². The van der Waals surface area contributed by atoms with Gasteiger partial charge in [0.1, 0.15) is 11.9 Å². The minimum Gasteiger partial charge on any atom is -0.442 e. The molecule has 1 saturated heterocycles. The fourth-order valence-corrected chi connectivity index (χ4v) is 2.79. The molecule has 120 valence electrons. The van der Waals surface area contributed by atoms with Crippen molar-refractivity contribution >= 4 is 29.0 Å². The SMILES string of the molecule is [C-]#[N+]C1(c2ccc(N3C[C@H](CNC(C)=S)OC3=O)cc2F)CC1. The number of carbonyl (C=O) groups is 1. The van der Waals surface area contributed by atoms with E-state index in [1.54, 1.807) is 19.1 Å². The Morgan fingerprint density at radius 3 is 2.91 bits per heavy atom. The Morgan fingerprint density at radius 2 is 2.35 bits per heavy atom. The Kier molecular flexibility index (Phi) is 3.94. The van der Waals surface area contributed by atoms with E-state index in [1.165, 1.54) is 11.0 Å². The van der Waals surface area contributed by atoms with Crippen molar-refractivity contribution in [2.24, 2.45) is 0 Å². The summed E-state index contributed by atoms with van der Waals surface area (Å²) in [7, 11) is 0. The molecule has 1 saturated carbocycles. The van der Waals surface area contributed by atoms with Crippen LogP contribution in [-0.2, 0) is 10.3 Å². The van der Waals surface area contributed by atoms with Crippen molar-refractivity contribution in [1.82, 2.24) is 5.32 Å². The van der Waals surface area contributed by atoms with Crippen LogP contribution in [0.2, 0.25) is 0 Å². The Balaban J connectivity index is 1.75. The number of nitrogens with zero attached hydrogens (tertiary/aromatic N) is 2. The zero-order chi connectivity index (χ0) is 16.6. The molecule has 5 nitrogen and oxygen atoms in total. The highest BCUT2D eigenvalue weighted by molar-refractivity contribution is 7.80. The number of hydrogen-bond acceptors (Lipinski definition) is 3. The summed E-state index contributed by atoms with van der Waals surface area (Å²) >= 11 is 4.93. The van der Waals surface area contributed by atoms with E-state index in [-0.39, 0.29) is 6.10 Å². The molecular weight excluding hydrogens is 317 g/mol. The average molecular weight is 333 g/mol. The third-order valence-electron chi connectivity index (χ3n) is 4.16. The lowest BCUT2D eigenvalue weighted by Crippen LogP contribution is -2.32. The normalized spacial score (nSPS) is 21.5. The molecular formula is C16H16FN3O2S. The third kappa shape index (κ3) is 2.99. The van der Waals surface area contributed by atoms with E-state index < -0.39 is 17.4 Å². The average Bonchev–Trinajstić information content (AvgIpc) is 3.22. The fourth-order valence-electron chi connectivity index (χ4n) is 2.71. The van der Waals surface area contributed by atoms with Crippen LogP contribution in [0.3, 0.4) is 0 Å². The van der Waals surface area contributed by atoms with Crippen LogP contribution in [0.25, 0.3) is 4.85 Å². The van der Waals surface area contributed by atoms with Crippen molar-refractivity contribution in [2.45, 2.75) is 31.4 Å². The zero-order valence-electron chi connectivity index (χ0n) is 12.6. The van der Waals surface area contributed by atoms with Gasteiger partial charge in [-0.15, -0.1) is 0 Å². The molecule has 23 heavy (non-hydrogen) atoms. The van der Waals surface area contributed by atoms with Gasteiger partial charge in [-0.25, -0.2) is 15.8 Å². The highest BCUT2D eigenvalue weighted by Crippen LogP contribution is 2.50. The predicted octanol–water partition coefficient (Wildman–Crippen LogP) is 3.00. The molecule has 1 aliphatic carbocycles. The Labute approximate surface area is 139 Å². The maximum absolute atomic E-state index is 14.4. The van der Waals surface area contributed by atoms with Crippen molar-refractivity contribution < 1.29 is 13.9 Å². The summed E-state index contributed by atoms with van der Waals surface area (Å²) in [5.41, 5.74) is 0.161. The number of thiocarbonyl (C=S) groups is 1. The largest absolute Gasteiger partial charge is 0.442 e. The van der Waals surface area contributed by atoms with Crippen molar-refractivity contribution in [3.8, 4) is 0 Å². The molecule has 2 aliphatic rings. The summed E-state index contributed by atoms with van der Waals surface area (Å²) in [5.74, 6) is -0.444. The molecule has 1 aromatic carbocycles. The Hall–Kier alpha value is -2.20. The van der Waals surface area contributed by atoms with Crippen LogP contribution in [0, 0.1) is 12.4 Å². The molecule has 2 fully saturated rings. The van der Waals surface area contributed by atoms with E-state index >= 15 is 0 Å². The highest BCUT2D eigenvalue weighted by Gasteiger charge is 2.54. The molecule has 1 N–H and O–H groups in total. The molecule has 3 rings (SSSR count). The van der Waals surface area contributed by atoms with E-state index in [2.05, 4.69) is 10.2 Å². The van der Waals surface area contributed by atoms with E-state index in [1.807, 2.05) is 0 Å². The summed E-state index contributed by atoms with van der Waals surface area (Å²) in [6.45, 7) is 9.74. The molecule has 0 radical (unpaired) electrons. The van der Waals surface area contributed by atoms with Gasteiger partial charge in [0.05, 0.1) is 29.3 Å². The summed E-state index contributed by atoms with van der Waals surface area (Å²) in [6.07, 6.45) is 0.533. The number of amides is 1. The van der Waals surface area contributed by atoms with Gasteiger partial charge in [0.25, 0.3) is 5.54 Å². The van der Waals surface area contributed by atoms with Crippen LogP contribution < -0.4 is 10.2 Å². The summed E-state index contributed by atoms with van der Waals surface area (Å²) < 4.78 is 19.6. The molecule has 0 unspecified atom stereocenters. The number of benzene rings is 1. The third-order valence-corrected chi connectivity index (χ3v) is 4.30. The van der Waals surface area contributed by atoms with Gasteiger partial charge >= 0.3 is 6.09 Å². The van der Waals surface area contributed by atoms with Crippen LogP contribution in [0.5, 0.6) is 0 Å². The zero-order valence-corrected chi connectivity index (χ0v) is 13.5. The second-order valence-corrected chi connectivity index (χ2v) is 6.47. The minimum absolute atomic E-state index is 0.332. The molecule has 0 bridgehead atoms. The molecule has 1 atom stereocenters. The maximum Gasteiger partial charge on any atom is 0.414 e. The van der Waals surface area contributed by atoms with E-state index in [9.17, 15) is 9.18 Å². The Morgan fingerprint density at radius 1 is 1.61 bits per heavy atom. The lowest BCUT2D eigenvalue weighted by atomic mass is 10.0. The number of ether oxygens (including phenoxy) is 1. The number of anilines is 1. The molecule has 1 heterocycles. The van der Waals surface area contributed by atoms with Crippen LogP contribution in [0.4, 0.5) is 14.9 Å². The topological polar surface area (TPSA) is 45.9 Å². The van der Waals surface area contributed by atoms with Gasteiger partial charge < -0.3 is 14.9 Å². The maximum atomic E-state index is 14.4. The molecule has 1 aromatic rings. The highest BCUT2D eigenvalue weighted by atomic mass is 32.1. The number of cyclic esters (lactones) is 1. The summed E-state index contributed by atoms with van der Waals surface area (Å²) in [5, 5.41) is 2.96. The summed E-state index contributed by atoms with van der Waals surface area (Å²) in [4.78, 5) is 17.5. The summed E-state index contributed by atoms with van der Waals surface area (Å²) in [6, 6.07) is 4.59. The number of nitrogens with one attached hydrogen (secondary N) is 1.